The van der Waals surface area contributed by atoms with Gasteiger partial charge < -0.3 is 9.26 Å². The number of hydrogen-bond donors (Lipinski definition) is 0. The predicted molar refractivity (Wildman–Crippen MR) is 115 cm³/mol. The Bertz CT molecular complexity index is 872. The minimum atomic E-state index is 0. The fraction of sp³-hybridized carbons (Fsp3) is 0.429. The molecule has 2 aromatic heterocycles. The molecule has 0 bridgehead atoms. The number of hydrogen-bond acceptors (Lipinski definition) is 6. The van der Waals surface area contributed by atoms with Gasteiger partial charge in [-0.3, -0.25) is 4.90 Å². The Morgan fingerprint density at radius 3 is 2.71 bits per heavy atom. The topological polar surface area (TPSA) is 51.4 Å². The molecule has 3 heterocycles. The lowest BCUT2D eigenvalue weighted by molar-refractivity contribution is 0.279. The Kier molecular flexibility index (Phi) is 7.48. The van der Waals surface area contributed by atoms with Crippen molar-refractivity contribution in [3.63, 3.8) is 0 Å². The molecular weight excluding hydrogens is 394 g/mol. The van der Waals surface area contributed by atoms with E-state index in [4.69, 9.17) is 9.26 Å². The quantitative estimate of drug-likeness (QED) is 0.515. The Labute approximate surface area is 176 Å². The van der Waals surface area contributed by atoms with Gasteiger partial charge in [0.15, 0.2) is 0 Å². The third-order valence-electron chi connectivity index (χ3n) is 4.78. The SMILES string of the molecule is CCOc1cccc(-c2noc(-c3ccc(CN4CCCCCC4)s3)n2)c1.Cl. The highest BCUT2D eigenvalue weighted by Crippen LogP contribution is 2.30. The molecule has 1 aliphatic heterocycles. The molecule has 1 fully saturated rings. The molecule has 4 rings (SSSR count). The van der Waals surface area contributed by atoms with Crippen LogP contribution in [0.2, 0.25) is 0 Å². The number of thiophene rings is 1. The monoisotopic (exact) mass is 419 g/mol. The van der Waals surface area contributed by atoms with Crippen LogP contribution in [0.3, 0.4) is 0 Å². The van der Waals surface area contributed by atoms with E-state index >= 15 is 0 Å². The molecule has 1 aromatic carbocycles. The molecule has 150 valence electrons. The molecule has 7 heteroatoms. The molecule has 0 saturated carbocycles. The van der Waals surface area contributed by atoms with E-state index in [9.17, 15) is 0 Å². The second kappa shape index (κ2) is 10.0. The van der Waals surface area contributed by atoms with Crippen LogP contribution in [0.1, 0.15) is 37.5 Å². The van der Waals surface area contributed by atoms with Crippen molar-refractivity contribution >= 4 is 23.7 Å². The van der Waals surface area contributed by atoms with Gasteiger partial charge >= 0.3 is 0 Å². The lowest BCUT2D eigenvalue weighted by Gasteiger charge is -2.18. The summed E-state index contributed by atoms with van der Waals surface area (Å²) in [6, 6.07) is 12.1. The Hall–Kier alpha value is -1.89. The average Bonchev–Trinajstić information content (AvgIpc) is 3.27. The maximum Gasteiger partial charge on any atom is 0.268 e. The summed E-state index contributed by atoms with van der Waals surface area (Å²) in [5, 5.41) is 4.16. The lowest BCUT2D eigenvalue weighted by atomic mass is 10.2. The van der Waals surface area contributed by atoms with Crippen LogP contribution in [-0.4, -0.2) is 34.7 Å². The molecule has 3 aromatic rings. The van der Waals surface area contributed by atoms with E-state index in [1.54, 1.807) is 11.3 Å². The summed E-state index contributed by atoms with van der Waals surface area (Å²) in [5.41, 5.74) is 0.900. The van der Waals surface area contributed by atoms with Crippen molar-refractivity contribution in [1.29, 1.82) is 0 Å². The second-order valence-electron chi connectivity index (χ2n) is 6.84. The van der Waals surface area contributed by atoms with Crippen molar-refractivity contribution in [2.45, 2.75) is 39.2 Å². The van der Waals surface area contributed by atoms with Gasteiger partial charge in [-0.15, -0.1) is 23.7 Å². The Morgan fingerprint density at radius 2 is 1.93 bits per heavy atom. The van der Waals surface area contributed by atoms with Crippen molar-refractivity contribution in [1.82, 2.24) is 15.0 Å². The Morgan fingerprint density at radius 1 is 1.11 bits per heavy atom. The number of nitrogens with zero attached hydrogens (tertiary/aromatic N) is 3. The van der Waals surface area contributed by atoms with Gasteiger partial charge in [-0.2, -0.15) is 4.98 Å². The summed E-state index contributed by atoms with van der Waals surface area (Å²) in [4.78, 5) is 9.53. The van der Waals surface area contributed by atoms with Gasteiger partial charge in [0.2, 0.25) is 5.82 Å². The summed E-state index contributed by atoms with van der Waals surface area (Å²) >= 11 is 1.74. The molecule has 0 unspecified atom stereocenters. The molecule has 0 aliphatic carbocycles. The number of ether oxygens (including phenoxy) is 1. The van der Waals surface area contributed by atoms with Gasteiger partial charge in [0.25, 0.3) is 5.89 Å². The zero-order chi connectivity index (χ0) is 18.5. The first kappa shape index (κ1) is 20.8. The van der Waals surface area contributed by atoms with E-state index in [1.165, 1.54) is 43.6 Å². The smallest absolute Gasteiger partial charge is 0.268 e. The molecule has 0 radical (unpaired) electrons. The first-order valence-corrected chi connectivity index (χ1v) is 10.5. The summed E-state index contributed by atoms with van der Waals surface area (Å²) in [6.45, 7) is 6.03. The van der Waals surface area contributed by atoms with Gasteiger partial charge in [0, 0.05) is 17.0 Å². The zero-order valence-electron chi connectivity index (χ0n) is 16.1. The molecule has 28 heavy (non-hydrogen) atoms. The van der Waals surface area contributed by atoms with Crippen LogP contribution in [-0.2, 0) is 6.54 Å². The maximum absolute atomic E-state index is 5.56. The molecule has 0 atom stereocenters. The highest BCUT2D eigenvalue weighted by molar-refractivity contribution is 7.15. The molecule has 1 aliphatic rings. The lowest BCUT2D eigenvalue weighted by Crippen LogP contribution is -2.23. The molecule has 1 saturated heterocycles. The molecule has 0 amide bonds. The normalized spacial score (nSPS) is 15.0. The average molecular weight is 420 g/mol. The molecule has 5 nitrogen and oxygen atoms in total. The highest BCUT2D eigenvalue weighted by atomic mass is 35.5. The van der Waals surface area contributed by atoms with Crippen LogP contribution in [0, 0.1) is 0 Å². The maximum atomic E-state index is 5.56. The van der Waals surface area contributed by atoms with Crippen LogP contribution in [0.4, 0.5) is 0 Å². The van der Waals surface area contributed by atoms with Crippen molar-refractivity contribution in [3.05, 3.63) is 41.3 Å². The molecule has 0 N–H and O–H groups in total. The van der Waals surface area contributed by atoms with E-state index < -0.39 is 0 Å². The van der Waals surface area contributed by atoms with Crippen LogP contribution in [0.15, 0.2) is 40.9 Å². The van der Waals surface area contributed by atoms with E-state index in [-0.39, 0.29) is 12.4 Å². The zero-order valence-corrected chi connectivity index (χ0v) is 17.7. The van der Waals surface area contributed by atoms with Crippen molar-refractivity contribution < 1.29 is 9.26 Å². The van der Waals surface area contributed by atoms with E-state index in [1.807, 2.05) is 31.2 Å². The predicted octanol–water partition coefficient (Wildman–Crippen LogP) is 5.66. The number of likely N-dealkylation sites (tertiary alicyclic amines) is 1. The number of aromatic nitrogens is 2. The minimum absolute atomic E-state index is 0. The third kappa shape index (κ3) is 5.13. The van der Waals surface area contributed by atoms with Gasteiger partial charge in [-0.25, -0.2) is 0 Å². The standard InChI is InChI=1S/C21H25N3O2S.ClH/c1-2-25-17-9-7-8-16(14-17)20-22-21(26-23-20)19-11-10-18(27-19)15-24-12-5-3-4-6-13-24;/h7-11,14H,2-6,12-13,15H2,1H3;1H. The molecule has 0 spiro atoms. The fourth-order valence-corrected chi connectivity index (χ4v) is 4.40. The highest BCUT2D eigenvalue weighted by Gasteiger charge is 2.15. The fourth-order valence-electron chi connectivity index (χ4n) is 3.42. The van der Waals surface area contributed by atoms with Crippen LogP contribution < -0.4 is 4.74 Å². The Balaban J connectivity index is 0.00000225. The van der Waals surface area contributed by atoms with Gasteiger partial charge in [-0.05, 0) is 57.1 Å². The summed E-state index contributed by atoms with van der Waals surface area (Å²) in [6.07, 6.45) is 5.35. The third-order valence-corrected chi connectivity index (χ3v) is 5.84. The van der Waals surface area contributed by atoms with Crippen molar-refractivity contribution in [2.75, 3.05) is 19.7 Å². The second-order valence-corrected chi connectivity index (χ2v) is 8.01. The van der Waals surface area contributed by atoms with Gasteiger partial charge in [0.05, 0.1) is 11.5 Å². The summed E-state index contributed by atoms with van der Waals surface area (Å²) in [7, 11) is 0. The molecular formula is C21H26ClN3O2S. The van der Waals surface area contributed by atoms with Crippen LogP contribution in [0.25, 0.3) is 22.2 Å². The summed E-state index contributed by atoms with van der Waals surface area (Å²) < 4.78 is 11.1. The summed E-state index contributed by atoms with van der Waals surface area (Å²) in [5.74, 6) is 1.99. The van der Waals surface area contributed by atoms with Gasteiger partial charge in [-0.1, -0.05) is 30.1 Å². The van der Waals surface area contributed by atoms with Gasteiger partial charge in [0.1, 0.15) is 5.75 Å². The number of halogens is 1. The van der Waals surface area contributed by atoms with E-state index in [0.29, 0.717) is 18.3 Å². The van der Waals surface area contributed by atoms with Crippen molar-refractivity contribution in [2.24, 2.45) is 0 Å². The minimum Gasteiger partial charge on any atom is -0.494 e. The first-order valence-electron chi connectivity index (χ1n) is 9.70. The van der Waals surface area contributed by atoms with Crippen LogP contribution >= 0.6 is 23.7 Å². The van der Waals surface area contributed by atoms with E-state index in [0.717, 1.165) is 22.7 Å². The largest absolute Gasteiger partial charge is 0.494 e. The van der Waals surface area contributed by atoms with E-state index in [2.05, 4.69) is 27.2 Å². The number of rotatable bonds is 6. The van der Waals surface area contributed by atoms with Crippen molar-refractivity contribution in [3.8, 4) is 27.9 Å². The number of benzene rings is 1. The van der Waals surface area contributed by atoms with Crippen LogP contribution in [0.5, 0.6) is 5.75 Å². The first-order chi connectivity index (χ1) is 13.3.